The molecule has 7 nitrogen and oxygen atoms in total. The first-order valence-electron chi connectivity index (χ1n) is 9.49. The summed E-state index contributed by atoms with van der Waals surface area (Å²) < 4.78 is 0. The van der Waals surface area contributed by atoms with E-state index in [2.05, 4.69) is 15.2 Å². The molecule has 3 N–H and O–H groups in total. The maximum Gasteiger partial charge on any atom is 0.234 e. The molecule has 0 spiro atoms. The molecule has 0 saturated carbocycles. The summed E-state index contributed by atoms with van der Waals surface area (Å²) >= 11 is 1.12. The molecule has 0 atom stereocenters. The number of rotatable bonds is 5. The Morgan fingerprint density at radius 2 is 1.76 bits per heavy atom. The van der Waals surface area contributed by atoms with E-state index in [0.717, 1.165) is 30.5 Å². The van der Waals surface area contributed by atoms with Crippen LogP contribution in [0.15, 0.2) is 35.4 Å². The SMILES string of the molecule is N#Cc1cc(C#N)c(SCC(=O)Nc2ccc(N3CCCCCC3)cc2)nc1N. The van der Waals surface area contributed by atoms with E-state index in [9.17, 15) is 10.1 Å². The van der Waals surface area contributed by atoms with Crippen molar-refractivity contribution in [3.05, 3.63) is 41.5 Å². The van der Waals surface area contributed by atoms with Gasteiger partial charge in [0.25, 0.3) is 0 Å². The number of carbonyl (C=O) groups is 1. The Kier molecular flexibility index (Phi) is 6.94. The molecule has 0 aliphatic carbocycles. The van der Waals surface area contributed by atoms with Crippen molar-refractivity contribution in [3.8, 4) is 12.1 Å². The zero-order chi connectivity index (χ0) is 20.6. The number of nitrogens with one attached hydrogen (secondary N) is 1. The maximum absolute atomic E-state index is 12.3. The number of nitrogen functional groups attached to an aromatic ring is 1. The predicted molar refractivity (Wildman–Crippen MR) is 115 cm³/mol. The summed E-state index contributed by atoms with van der Waals surface area (Å²) in [4.78, 5) is 18.8. The number of aromatic nitrogens is 1. The van der Waals surface area contributed by atoms with Crippen LogP contribution < -0.4 is 16.0 Å². The van der Waals surface area contributed by atoms with E-state index >= 15 is 0 Å². The van der Waals surface area contributed by atoms with Crippen molar-refractivity contribution in [2.45, 2.75) is 30.7 Å². The van der Waals surface area contributed by atoms with Crippen LogP contribution in [0.1, 0.15) is 36.8 Å². The molecule has 0 radical (unpaired) electrons. The topological polar surface area (TPSA) is 119 Å². The quantitative estimate of drug-likeness (QED) is 0.729. The highest BCUT2D eigenvalue weighted by Crippen LogP contribution is 2.25. The average molecular weight is 407 g/mol. The van der Waals surface area contributed by atoms with Crippen molar-refractivity contribution in [3.63, 3.8) is 0 Å². The van der Waals surface area contributed by atoms with Gasteiger partial charge in [-0.2, -0.15) is 10.5 Å². The number of nitrogens with two attached hydrogens (primary N) is 1. The van der Waals surface area contributed by atoms with E-state index in [-0.39, 0.29) is 28.6 Å². The molecule has 1 aliphatic rings. The van der Waals surface area contributed by atoms with Crippen LogP contribution in [-0.2, 0) is 4.79 Å². The molecule has 1 aromatic heterocycles. The van der Waals surface area contributed by atoms with E-state index in [0.29, 0.717) is 5.03 Å². The fourth-order valence-electron chi connectivity index (χ4n) is 3.20. The standard InChI is InChI=1S/C21H22N6OS/c22-12-15-11-16(13-23)21(26-20(15)24)29-14-19(28)25-17-5-7-18(8-6-17)27-9-3-1-2-4-10-27/h5-8,11H,1-4,9-10,14H2,(H2,24,26)(H,25,28). The highest BCUT2D eigenvalue weighted by atomic mass is 32.2. The van der Waals surface area contributed by atoms with Gasteiger partial charge >= 0.3 is 0 Å². The lowest BCUT2D eigenvalue weighted by molar-refractivity contribution is -0.113. The van der Waals surface area contributed by atoms with Crippen molar-refractivity contribution < 1.29 is 4.79 Å². The van der Waals surface area contributed by atoms with Crippen LogP contribution in [0.4, 0.5) is 17.2 Å². The molecule has 1 aromatic carbocycles. The fraction of sp³-hybridized carbons (Fsp3) is 0.333. The van der Waals surface area contributed by atoms with Gasteiger partial charge in [0, 0.05) is 24.5 Å². The second-order valence-electron chi connectivity index (χ2n) is 6.78. The predicted octanol–water partition coefficient (Wildman–Crippen LogP) is 3.52. The normalized spacial score (nSPS) is 13.8. The van der Waals surface area contributed by atoms with Gasteiger partial charge in [-0.3, -0.25) is 4.79 Å². The van der Waals surface area contributed by atoms with Crippen LogP contribution in [0.3, 0.4) is 0 Å². The van der Waals surface area contributed by atoms with Crippen LogP contribution in [0, 0.1) is 22.7 Å². The first-order chi connectivity index (χ1) is 14.1. The van der Waals surface area contributed by atoms with Gasteiger partial charge in [-0.05, 0) is 43.2 Å². The van der Waals surface area contributed by atoms with E-state index in [1.54, 1.807) is 0 Å². The Morgan fingerprint density at radius 3 is 2.38 bits per heavy atom. The second-order valence-corrected chi connectivity index (χ2v) is 7.75. The van der Waals surface area contributed by atoms with Gasteiger partial charge < -0.3 is 16.0 Å². The Labute approximate surface area is 174 Å². The first-order valence-corrected chi connectivity index (χ1v) is 10.5. The molecule has 0 bridgehead atoms. The van der Waals surface area contributed by atoms with Crippen LogP contribution in [0.5, 0.6) is 0 Å². The average Bonchev–Trinajstić information content (AvgIpc) is 3.02. The largest absolute Gasteiger partial charge is 0.383 e. The lowest BCUT2D eigenvalue weighted by Gasteiger charge is -2.22. The number of thioether (sulfide) groups is 1. The Hall–Kier alpha value is -3.23. The van der Waals surface area contributed by atoms with Crippen molar-refractivity contribution >= 4 is 34.9 Å². The van der Waals surface area contributed by atoms with Crippen molar-refractivity contribution in [1.29, 1.82) is 10.5 Å². The van der Waals surface area contributed by atoms with Gasteiger partial charge in [-0.25, -0.2) is 4.98 Å². The van der Waals surface area contributed by atoms with Gasteiger partial charge in [0.15, 0.2) is 0 Å². The third-order valence-electron chi connectivity index (χ3n) is 4.72. The molecule has 3 rings (SSSR count). The number of hydrogen-bond donors (Lipinski definition) is 2. The van der Waals surface area contributed by atoms with Crippen molar-refractivity contribution in [2.24, 2.45) is 0 Å². The zero-order valence-electron chi connectivity index (χ0n) is 16.0. The summed E-state index contributed by atoms with van der Waals surface area (Å²) in [6.07, 6.45) is 5.01. The summed E-state index contributed by atoms with van der Waals surface area (Å²) in [7, 11) is 0. The van der Waals surface area contributed by atoms with Gasteiger partial charge in [-0.1, -0.05) is 24.6 Å². The van der Waals surface area contributed by atoms with Crippen LogP contribution in [0.2, 0.25) is 0 Å². The first kappa shape index (κ1) is 20.5. The van der Waals surface area contributed by atoms with Crippen LogP contribution in [-0.4, -0.2) is 29.7 Å². The van der Waals surface area contributed by atoms with Gasteiger partial charge in [0.2, 0.25) is 5.91 Å². The van der Waals surface area contributed by atoms with Crippen molar-refractivity contribution in [2.75, 3.05) is 34.8 Å². The lowest BCUT2D eigenvalue weighted by Crippen LogP contribution is -2.23. The lowest BCUT2D eigenvalue weighted by atomic mass is 10.2. The molecule has 1 aliphatic heterocycles. The molecule has 148 valence electrons. The fourth-order valence-corrected chi connectivity index (χ4v) is 3.97. The minimum Gasteiger partial charge on any atom is -0.383 e. The number of nitriles is 2. The molecular weight excluding hydrogens is 384 g/mol. The number of anilines is 3. The van der Waals surface area contributed by atoms with E-state index in [4.69, 9.17) is 11.0 Å². The van der Waals surface area contributed by atoms with Gasteiger partial charge in [0.1, 0.15) is 23.0 Å². The van der Waals surface area contributed by atoms with E-state index < -0.39 is 0 Å². The molecule has 29 heavy (non-hydrogen) atoms. The Balaban J connectivity index is 1.58. The van der Waals surface area contributed by atoms with Crippen LogP contribution in [0.25, 0.3) is 0 Å². The second kappa shape index (κ2) is 9.81. The molecule has 8 heteroatoms. The number of hydrogen-bond acceptors (Lipinski definition) is 7. The molecule has 2 heterocycles. The minimum absolute atomic E-state index is 0.0542. The number of benzene rings is 1. The summed E-state index contributed by atoms with van der Waals surface area (Å²) in [5.74, 6) is -0.0642. The number of pyridine rings is 1. The van der Waals surface area contributed by atoms with E-state index in [1.165, 1.54) is 37.4 Å². The summed E-state index contributed by atoms with van der Waals surface area (Å²) in [5.41, 5.74) is 7.99. The Morgan fingerprint density at radius 1 is 1.10 bits per heavy atom. The monoisotopic (exact) mass is 406 g/mol. The van der Waals surface area contributed by atoms with Gasteiger partial charge in [-0.15, -0.1) is 0 Å². The highest BCUT2D eigenvalue weighted by molar-refractivity contribution is 8.00. The smallest absolute Gasteiger partial charge is 0.234 e. The Bertz CT molecular complexity index is 953. The molecule has 1 amide bonds. The number of nitrogens with zero attached hydrogens (tertiary/aromatic N) is 4. The molecule has 0 unspecified atom stereocenters. The number of amides is 1. The third-order valence-corrected chi connectivity index (χ3v) is 5.71. The summed E-state index contributed by atoms with van der Waals surface area (Å²) in [6, 6.07) is 13.1. The third kappa shape index (κ3) is 5.40. The molecular formula is C21H22N6OS. The van der Waals surface area contributed by atoms with Gasteiger partial charge in [0.05, 0.1) is 16.9 Å². The molecule has 1 fully saturated rings. The highest BCUT2D eigenvalue weighted by Gasteiger charge is 2.13. The summed E-state index contributed by atoms with van der Waals surface area (Å²) in [5, 5.41) is 21.4. The van der Waals surface area contributed by atoms with Crippen molar-refractivity contribution in [1.82, 2.24) is 4.98 Å². The summed E-state index contributed by atoms with van der Waals surface area (Å²) in [6.45, 7) is 2.15. The zero-order valence-corrected chi connectivity index (χ0v) is 16.8. The van der Waals surface area contributed by atoms with E-state index in [1.807, 2.05) is 36.4 Å². The maximum atomic E-state index is 12.3. The molecule has 1 saturated heterocycles. The molecule has 2 aromatic rings. The van der Waals surface area contributed by atoms with Crippen LogP contribution >= 0.6 is 11.8 Å². The minimum atomic E-state index is -0.203. The number of carbonyl (C=O) groups excluding carboxylic acids is 1.